The van der Waals surface area contributed by atoms with Gasteiger partial charge in [0.05, 0.1) is 24.3 Å². The van der Waals surface area contributed by atoms with Crippen molar-refractivity contribution in [3.05, 3.63) is 52.6 Å². The number of Topliss-reactive ketones (excluding diaryl/α,β-unsaturated/α-hetero) is 1. The van der Waals surface area contributed by atoms with Crippen LogP contribution in [0.2, 0.25) is 0 Å². The van der Waals surface area contributed by atoms with E-state index in [4.69, 9.17) is 4.74 Å². The highest BCUT2D eigenvalue weighted by molar-refractivity contribution is 5.97. The summed E-state index contributed by atoms with van der Waals surface area (Å²) in [6, 6.07) is 9.26. The molecule has 5 heteroatoms. The number of carbonyl (C=O) groups is 1. The molecular formula is C34H42N2O3. The maximum atomic E-state index is 13.7. The van der Waals surface area contributed by atoms with Crippen LogP contribution >= 0.6 is 0 Å². The van der Waals surface area contributed by atoms with Crippen LogP contribution in [0.4, 0.5) is 5.69 Å². The molecule has 0 spiro atoms. The molecule has 1 saturated heterocycles. The highest BCUT2D eigenvalue weighted by Crippen LogP contribution is 2.69. The van der Waals surface area contributed by atoms with Crippen LogP contribution in [-0.2, 0) is 9.53 Å². The van der Waals surface area contributed by atoms with E-state index in [1.54, 1.807) is 5.57 Å². The van der Waals surface area contributed by atoms with Crippen LogP contribution in [-0.4, -0.2) is 43.0 Å². The van der Waals surface area contributed by atoms with Crippen molar-refractivity contribution in [1.82, 2.24) is 0 Å². The lowest BCUT2D eigenvalue weighted by Gasteiger charge is -2.54. The van der Waals surface area contributed by atoms with E-state index in [0.29, 0.717) is 24.0 Å². The largest absolute Gasteiger partial charge is 0.411 e. The van der Waals surface area contributed by atoms with Gasteiger partial charge in [0.1, 0.15) is 0 Å². The van der Waals surface area contributed by atoms with Gasteiger partial charge in [0.25, 0.3) is 0 Å². The van der Waals surface area contributed by atoms with Gasteiger partial charge in [-0.1, -0.05) is 42.6 Å². The molecule has 39 heavy (non-hydrogen) atoms. The zero-order valence-corrected chi connectivity index (χ0v) is 23.8. The van der Waals surface area contributed by atoms with Crippen LogP contribution in [0, 0.1) is 34.5 Å². The van der Waals surface area contributed by atoms with Crippen LogP contribution < -0.4 is 4.90 Å². The first-order valence-corrected chi connectivity index (χ1v) is 15.0. The summed E-state index contributed by atoms with van der Waals surface area (Å²) in [7, 11) is 0. The molecule has 6 rings (SSSR count). The molecule has 1 N–H and O–H groups in total. The van der Waals surface area contributed by atoms with Gasteiger partial charge in [-0.05, 0) is 104 Å². The number of ketones is 1. The fraction of sp³-hybridized carbons (Fsp3) is 0.588. The molecule has 206 valence electrons. The van der Waals surface area contributed by atoms with Crippen molar-refractivity contribution in [2.75, 3.05) is 31.2 Å². The van der Waals surface area contributed by atoms with Crippen LogP contribution in [0.1, 0.15) is 83.6 Å². The molecule has 5 nitrogen and oxygen atoms in total. The Morgan fingerprint density at radius 3 is 2.62 bits per heavy atom. The van der Waals surface area contributed by atoms with E-state index >= 15 is 0 Å². The van der Waals surface area contributed by atoms with Gasteiger partial charge in [-0.3, -0.25) is 4.79 Å². The van der Waals surface area contributed by atoms with Gasteiger partial charge < -0.3 is 14.8 Å². The second-order valence-corrected chi connectivity index (χ2v) is 12.4. The zero-order chi connectivity index (χ0) is 27.2. The average molecular weight is 527 g/mol. The molecule has 0 aromatic heterocycles. The minimum atomic E-state index is -0.553. The maximum Gasteiger partial charge on any atom is 0.151 e. The third kappa shape index (κ3) is 4.10. The Labute approximate surface area is 233 Å². The Kier molecular flexibility index (Phi) is 6.96. The third-order valence-corrected chi connectivity index (χ3v) is 10.9. The maximum absolute atomic E-state index is 13.7. The summed E-state index contributed by atoms with van der Waals surface area (Å²) in [6.07, 6.45) is 9.44. The van der Waals surface area contributed by atoms with Crippen molar-refractivity contribution in [1.29, 1.82) is 0 Å². The summed E-state index contributed by atoms with van der Waals surface area (Å²) in [5, 5.41) is 13.0. The van der Waals surface area contributed by atoms with Gasteiger partial charge >= 0.3 is 0 Å². The minimum Gasteiger partial charge on any atom is -0.411 e. The number of carbonyl (C=O) groups excluding carboxylic acids is 1. The Morgan fingerprint density at radius 1 is 1.15 bits per heavy atom. The lowest BCUT2D eigenvalue weighted by atomic mass is 9.48. The van der Waals surface area contributed by atoms with Gasteiger partial charge in [0, 0.05) is 31.1 Å². The first-order valence-electron chi connectivity index (χ1n) is 15.0. The van der Waals surface area contributed by atoms with Crippen LogP contribution in [0.25, 0.3) is 0 Å². The summed E-state index contributed by atoms with van der Waals surface area (Å²) in [5.74, 6) is 8.29. The monoisotopic (exact) mass is 526 g/mol. The van der Waals surface area contributed by atoms with Crippen LogP contribution in [0.5, 0.6) is 0 Å². The molecule has 1 aromatic rings. The SMILES string of the molecule is CC#C[C@]1(C(=O)CC)CC[C@H]2[C@@H]3CCC4=C/C(=N/O)CCC4=C3[C@@H](c3ccc(N4CCOCC4)cc3)C[C@@]21C. The molecule has 4 aliphatic carbocycles. The van der Waals surface area contributed by atoms with Gasteiger partial charge in [0.2, 0.25) is 0 Å². The first-order chi connectivity index (χ1) is 19.0. The molecule has 3 fully saturated rings. The van der Waals surface area contributed by atoms with Crippen molar-refractivity contribution < 1.29 is 14.7 Å². The van der Waals surface area contributed by atoms with Crippen molar-refractivity contribution in [3.8, 4) is 11.8 Å². The molecule has 0 radical (unpaired) electrons. The summed E-state index contributed by atoms with van der Waals surface area (Å²) < 4.78 is 5.57. The van der Waals surface area contributed by atoms with Gasteiger partial charge in [-0.2, -0.15) is 0 Å². The zero-order valence-electron chi connectivity index (χ0n) is 23.8. The Morgan fingerprint density at radius 2 is 1.92 bits per heavy atom. The van der Waals surface area contributed by atoms with Gasteiger partial charge in [-0.25, -0.2) is 0 Å². The number of benzene rings is 1. The van der Waals surface area contributed by atoms with E-state index in [9.17, 15) is 10.0 Å². The number of fused-ring (bicyclic) bond motifs is 4. The number of oxime groups is 1. The number of allylic oxidation sites excluding steroid dienone is 4. The van der Waals surface area contributed by atoms with Crippen molar-refractivity contribution in [2.45, 2.75) is 78.1 Å². The summed E-state index contributed by atoms with van der Waals surface area (Å²) in [4.78, 5) is 16.1. The molecule has 5 atom stereocenters. The number of rotatable bonds is 4. The van der Waals surface area contributed by atoms with E-state index in [1.165, 1.54) is 22.4 Å². The number of morpholine rings is 1. The summed E-state index contributed by atoms with van der Waals surface area (Å²) in [6.45, 7) is 9.74. The molecule has 0 bridgehead atoms. The van der Waals surface area contributed by atoms with Gasteiger partial charge in [-0.15, -0.1) is 5.92 Å². The van der Waals surface area contributed by atoms with E-state index in [0.717, 1.165) is 77.0 Å². The van der Waals surface area contributed by atoms with Crippen molar-refractivity contribution >= 4 is 17.2 Å². The highest BCUT2D eigenvalue weighted by Gasteiger charge is 2.65. The van der Waals surface area contributed by atoms with E-state index < -0.39 is 5.41 Å². The number of ether oxygens (including phenoxy) is 1. The molecule has 0 unspecified atom stereocenters. The van der Waals surface area contributed by atoms with Gasteiger partial charge in [0.15, 0.2) is 5.78 Å². The van der Waals surface area contributed by atoms with Crippen LogP contribution in [0.15, 0.2) is 52.2 Å². The van der Waals surface area contributed by atoms with Crippen LogP contribution in [0.3, 0.4) is 0 Å². The molecule has 1 heterocycles. The average Bonchev–Trinajstić information content (AvgIpc) is 3.29. The molecule has 1 aromatic carbocycles. The lowest BCUT2D eigenvalue weighted by molar-refractivity contribution is -0.132. The molecule has 0 amide bonds. The molecular weight excluding hydrogens is 484 g/mol. The molecule has 1 aliphatic heterocycles. The fourth-order valence-corrected chi connectivity index (χ4v) is 9.06. The molecule has 2 saturated carbocycles. The second kappa shape index (κ2) is 10.3. The summed E-state index contributed by atoms with van der Waals surface area (Å²) >= 11 is 0. The number of nitrogens with zero attached hydrogens (tertiary/aromatic N) is 2. The number of anilines is 1. The van der Waals surface area contributed by atoms with E-state index in [-0.39, 0.29) is 11.3 Å². The predicted octanol–water partition coefficient (Wildman–Crippen LogP) is 6.67. The second-order valence-electron chi connectivity index (χ2n) is 12.4. The minimum absolute atomic E-state index is 0.154. The highest BCUT2D eigenvalue weighted by atomic mass is 16.5. The third-order valence-electron chi connectivity index (χ3n) is 10.9. The Hall–Kier alpha value is -2.84. The Bertz CT molecular complexity index is 1290. The summed E-state index contributed by atoms with van der Waals surface area (Å²) in [5.41, 5.74) is 7.18. The molecule has 5 aliphatic rings. The standard InChI is InChI=1S/C34H42N2O3/c1-4-15-34(31(37)5-2)16-14-30-28-12-8-24-21-25(35-38)9-13-27(24)32(28)29(22-33(30,34)3)23-6-10-26(11-7-23)36-17-19-39-20-18-36/h6-7,10-11,21,28-30,38H,5,8-9,12-14,16-20,22H2,1-3H3/b35-25+/t28-,29+,30-,33-,34+/m0/s1. The van der Waals surface area contributed by atoms with E-state index in [2.05, 4.69) is 59.2 Å². The van der Waals surface area contributed by atoms with Crippen molar-refractivity contribution in [2.24, 2.45) is 27.8 Å². The normalized spacial score (nSPS) is 34.9. The first kappa shape index (κ1) is 26.4. The van der Waals surface area contributed by atoms with E-state index in [1.807, 2.05) is 13.8 Å². The Balaban J connectivity index is 1.47. The van der Waals surface area contributed by atoms with Crippen molar-refractivity contribution in [3.63, 3.8) is 0 Å². The smallest absolute Gasteiger partial charge is 0.151 e. The fourth-order valence-electron chi connectivity index (χ4n) is 9.06. The topological polar surface area (TPSA) is 62.1 Å². The number of hydrogen-bond acceptors (Lipinski definition) is 5. The quantitative estimate of drug-likeness (QED) is 0.270. The predicted molar refractivity (Wildman–Crippen MR) is 155 cm³/mol. The number of hydrogen-bond donors (Lipinski definition) is 1. The lowest BCUT2D eigenvalue weighted by Crippen LogP contribution is -2.50.